The highest BCUT2D eigenvalue weighted by Gasteiger charge is 2.51. The first-order valence-corrected chi connectivity index (χ1v) is 8.54. The molecule has 0 aromatic heterocycles. The molecule has 1 amide bonds. The van der Waals surface area contributed by atoms with Gasteiger partial charge in [-0.25, -0.2) is 0 Å². The average Bonchev–Trinajstić information content (AvgIpc) is 2.49. The van der Waals surface area contributed by atoms with Gasteiger partial charge in [0.05, 0.1) is 6.10 Å². The number of halogens is 1. The molecule has 1 aliphatic carbocycles. The van der Waals surface area contributed by atoms with Crippen molar-refractivity contribution in [2.24, 2.45) is 11.3 Å². The van der Waals surface area contributed by atoms with Gasteiger partial charge in [-0.1, -0.05) is 13.8 Å². The fourth-order valence-corrected chi connectivity index (χ4v) is 3.85. The molecule has 2 unspecified atom stereocenters. The van der Waals surface area contributed by atoms with Gasteiger partial charge in [-0.15, -0.1) is 12.4 Å². The number of carbonyl (C=O) groups excluding carboxylic acids is 1. The summed E-state index contributed by atoms with van der Waals surface area (Å²) in [6.45, 7) is 9.46. The molecule has 1 saturated heterocycles. The number of carbonyl (C=O) groups is 1. The molecule has 0 radical (unpaired) electrons. The Labute approximate surface area is 141 Å². The van der Waals surface area contributed by atoms with Crippen molar-refractivity contribution < 1.29 is 9.53 Å². The Bertz CT molecular complexity index is 357. The van der Waals surface area contributed by atoms with Crippen molar-refractivity contribution >= 4 is 18.3 Å². The van der Waals surface area contributed by atoms with Gasteiger partial charge in [0, 0.05) is 31.5 Å². The summed E-state index contributed by atoms with van der Waals surface area (Å²) in [6, 6.07) is 0.328. The molecule has 4 nitrogen and oxygen atoms in total. The Morgan fingerprint density at radius 3 is 2.50 bits per heavy atom. The van der Waals surface area contributed by atoms with Crippen LogP contribution in [0.2, 0.25) is 0 Å². The SMILES string of the molecule is CCOC1CC(N(C)C(=O)CCC2CCNCC2)C1(C)C.Cl. The van der Waals surface area contributed by atoms with Crippen LogP contribution in [0.15, 0.2) is 0 Å². The minimum absolute atomic E-state index is 0. The number of hydrogen-bond donors (Lipinski definition) is 1. The predicted octanol–water partition coefficient (Wildman–Crippen LogP) is 2.85. The van der Waals surface area contributed by atoms with Crippen LogP contribution in [-0.2, 0) is 9.53 Å². The number of nitrogens with zero attached hydrogens (tertiary/aromatic N) is 1. The van der Waals surface area contributed by atoms with Gasteiger partial charge in [0.15, 0.2) is 0 Å². The van der Waals surface area contributed by atoms with Crippen LogP contribution < -0.4 is 5.32 Å². The lowest BCUT2D eigenvalue weighted by molar-refractivity contribution is -0.163. The van der Waals surface area contributed by atoms with E-state index in [1.165, 1.54) is 12.8 Å². The molecule has 0 bridgehead atoms. The number of amides is 1. The summed E-state index contributed by atoms with van der Waals surface area (Å²) in [4.78, 5) is 14.4. The Morgan fingerprint density at radius 2 is 1.95 bits per heavy atom. The highest BCUT2D eigenvalue weighted by atomic mass is 35.5. The number of piperidine rings is 1. The third kappa shape index (κ3) is 4.36. The summed E-state index contributed by atoms with van der Waals surface area (Å²) in [5.41, 5.74) is 0.0786. The van der Waals surface area contributed by atoms with Crippen molar-refractivity contribution in [3.63, 3.8) is 0 Å². The molecular formula is C17H33ClN2O2. The second-order valence-electron chi connectivity index (χ2n) is 7.25. The molecule has 0 aromatic rings. The maximum Gasteiger partial charge on any atom is 0.222 e. The van der Waals surface area contributed by atoms with Crippen LogP contribution >= 0.6 is 12.4 Å². The molecule has 1 N–H and O–H groups in total. The van der Waals surface area contributed by atoms with Crippen LogP contribution in [0.1, 0.15) is 52.9 Å². The van der Waals surface area contributed by atoms with Crippen LogP contribution in [0.25, 0.3) is 0 Å². The van der Waals surface area contributed by atoms with Crippen molar-refractivity contribution in [3.8, 4) is 0 Å². The maximum atomic E-state index is 12.4. The normalized spacial score (nSPS) is 27.6. The summed E-state index contributed by atoms with van der Waals surface area (Å²) >= 11 is 0. The number of ether oxygens (including phenoxy) is 1. The molecule has 2 fully saturated rings. The van der Waals surface area contributed by atoms with Gasteiger partial charge < -0.3 is 15.0 Å². The van der Waals surface area contributed by atoms with Crippen molar-refractivity contribution in [1.82, 2.24) is 10.2 Å². The molecule has 0 aromatic carbocycles. The first-order valence-electron chi connectivity index (χ1n) is 8.54. The number of hydrogen-bond acceptors (Lipinski definition) is 3. The van der Waals surface area contributed by atoms with E-state index in [2.05, 4.69) is 19.2 Å². The highest BCUT2D eigenvalue weighted by Crippen LogP contribution is 2.45. The Morgan fingerprint density at radius 1 is 1.32 bits per heavy atom. The molecular weight excluding hydrogens is 300 g/mol. The van der Waals surface area contributed by atoms with Gasteiger partial charge >= 0.3 is 0 Å². The molecule has 1 aliphatic heterocycles. The molecule has 2 rings (SSSR count). The summed E-state index contributed by atoms with van der Waals surface area (Å²) in [7, 11) is 1.97. The molecule has 1 saturated carbocycles. The van der Waals surface area contributed by atoms with Gasteiger partial charge in [-0.3, -0.25) is 4.79 Å². The van der Waals surface area contributed by atoms with E-state index in [-0.39, 0.29) is 17.8 Å². The fraction of sp³-hybridized carbons (Fsp3) is 0.941. The molecule has 2 atom stereocenters. The smallest absolute Gasteiger partial charge is 0.222 e. The van der Waals surface area contributed by atoms with Crippen LogP contribution in [-0.4, -0.2) is 49.7 Å². The van der Waals surface area contributed by atoms with E-state index >= 15 is 0 Å². The Hall–Kier alpha value is -0.320. The second-order valence-corrected chi connectivity index (χ2v) is 7.25. The lowest BCUT2D eigenvalue weighted by Crippen LogP contribution is -2.62. The van der Waals surface area contributed by atoms with E-state index in [0.717, 1.165) is 38.5 Å². The van der Waals surface area contributed by atoms with Crippen LogP contribution in [0.3, 0.4) is 0 Å². The monoisotopic (exact) mass is 332 g/mol. The van der Waals surface area contributed by atoms with Gasteiger partial charge in [-0.2, -0.15) is 0 Å². The lowest BCUT2D eigenvalue weighted by Gasteiger charge is -2.54. The molecule has 1 heterocycles. The fourth-order valence-electron chi connectivity index (χ4n) is 3.85. The molecule has 130 valence electrons. The predicted molar refractivity (Wildman–Crippen MR) is 92.4 cm³/mol. The minimum atomic E-state index is 0. The van der Waals surface area contributed by atoms with E-state index in [4.69, 9.17) is 4.74 Å². The molecule has 0 spiro atoms. The van der Waals surface area contributed by atoms with Crippen LogP contribution in [0, 0.1) is 11.3 Å². The van der Waals surface area contributed by atoms with Gasteiger partial charge in [-0.05, 0) is 51.6 Å². The van der Waals surface area contributed by atoms with Gasteiger partial charge in [0.25, 0.3) is 0 Å². The number of rotatable bonds is 6. The molecule has 2 aliphatic rings. The zero-order valence-corrected chi connectivity index (χ0v) is 15.4. The topological polar surface area (TPSA) is 41.6 Å². The standard InChI is InChI=1S/C17H32N2O2.ClH/c1-5-21-15-12-14(17(15,2)3)19(4)16(20)7-6-13-8-10-18-11-9-13;/h13-15,18H,5-12H2,1-4H3;1H. The number of nitrogens with one attached hydrogen (secondary N) is 1. The quantitative estimate of drug-likeness (QED) is 0.813. The van der Waals surface area contributed by atoms with E-state index in [1.54, 1.807) is 0 Å². The average molecular weight is 333 g/mol. The Kier molecular flexibility index (Phi) is 7.63. The minimum Gasteiger partial charge on any atom is -0.378 e. The van der Waals surface area contributed by atoms with Gasteiger partial charge in [0.1, 0.15) is 0 Å². The summed E-state index contributed by atoms with van der Waals surface area (Å²) in [6.07, 6.45) is 5.47. The van der Waals surface area contributed by atoms with Crippen molar-refractivity contribution in [2.45, 2.75) is 65.0 Å². The maximum absolute atomic E-state index is 12.4. The zero-order chi connectivity index (χ0) is 15.5. The molecule has 22 heavy (non-hydrogen) atoms. The summed E-state index contributed by atoms with van der Waals surface area (Å²) in [5.74, 6) is 1.04. The van der Waals surface area contributed by atoms with E-state index in [0.29, 0.717) is 24.5 Å². The first-order chi connectivity index (χ1) is 9.96. The largest absolute Gasteiger partial charge is 0.378 e. The first kappa shape index (κ1) is 19.7. The third-order valence-corrected chi connectivity index (χ3v) is 5.58. The van der Waals surface area contributed by atoms with E-state index in [1.807, 2.05) is 18.9 Å². The van der Waals surface area contributed by atoms with Crippen molar-refractivity contribution in [1.29, 1.82) is 0 Å². The van der Waals surface area contributed by atoms with Crippen molar-refractivity contribution in [2.75, 3.05) is 26.7 Å². The van der Waals surface area contributed by atoms with E-state index < -0.39 is 0 Å². The third-order valence-electron chi connectivity index (χ3n) is 5.58. The molecule has 5 heteroatoms. The van der Waals surface area contributed by atoms with E-state index in [9.17, 15) is 4.79 Å². The summed E-state index contributed by atoms with van der Waals surface area (Å²) in [5, 5.41) is 3.38. The Balaban J connectivity index is 0.00000242. The van der Waals surface area contributed by atoms with Crippen LogP contribution in [0.4, 0.5) is 0 Å². The zero-order valence-electron chi connectivity index (χ0n) is 14.6. The summed E-state index contributed by atoms with van der Waals surface area (Å²) < 4.78 is 5.76. The van der Waals surface area contributed by atoms with Gasteiger partial charge in [0.2, 0.25) is 5.91 Å². The second kappa shape index (κ2) is 8.51. The van der Waals surface area contributed by atoms with Crippen LogP contribution in [0.5, 0.6) is 0 Å². The highest BCUT2D eigenvalue weighted by molar-refractivity contribution is 5.85. The van der Waals surface area contributed by atoms with Crippen molar-refractivity contribution in [3.05, 3.63) is 0 Å². The lowest BCUT2D eigenvalue weighted by atomic mass is 9.63.